The lowest BCUT2D eigenvalue weighted by Gasteiger charge is -2.18. The van der Waals surface area contributed by atoms with Crippen molar-refractivity contribution in [3.8, 4) is 0 Å². The first-order chi connectivity index (χ1) is 7.91. The molecule has 0 fully saturated rings. The number of aliphatic imine (C=N–C) groups is 1. The number of nitrogens with zero attached hydrogens (tertiary/aromatic N) is 1. The van der Waals surface area contributed by atoms with E-state index in [2.05, 4.69) is 21.9 Å². The van der Waals surface area contributed by atoms with Crippen LogP contribution in [0.3, 0.4) is 0 Å². The number of rotatable bonds is 6. The third kappa shape index (κ3) is 8.49. The molecule has 0 saturated carbocycles. The van der Waals surface area contributed by atoms with Crippen LogP contribution in [0.4, 0.5) is 0 Å². The zero-order valence-corrected chi connectivity index (χ0v) is 13.1. The Morgan fingerprint density at radius 2 is 1.88 bits per heavy atom. The first kappa shape index (κ1) is 16.8. The molecule has 0 aromatic rings. The monoisotopic (exact) mass is 279 g/mol. The van der Waals surface area contributed by atoms with Crippen LogP contribution in [0.1, 0.15) is 20.8 Å². The van der Waals surface area contributed by atoms with Gasteiger partial charge in [-0.1, -0.05) is 0 Å². The first-order valence-corrected chi connectivity index (χ1v) is 8.45. The van der Waals surface area contributed by atoms with E-state index >= 15 is 0 Å². The Balaban J connectivity index is 3.82. The molecule has 17 heavy (non-hydrogen) atoms. The standard InChI is InChI=1S/C11H25N3OS2/c1-11(2,3)17(15)9-7-14-10(12-4)13-6-8-16-5/h6-9H2,1-5H3,(H2,12,13,14). The van der Waals surface area contributed by atoms with Gasteiger partial charge < -0.3 is 10.6 Å². The van der Waals surface area contributed by atoms with Crippen molar-refractivity contribution in [3.05, 3.63) is 0 Å². The van der Waals surface area contributed by atoms with Gasteiger partial charge in [-0.05, 0) is 27.0 Å². The van der Waals surface area contributed by atoms with Crippen LogP contribution in [0, 0.1) is 0 Å². The topological polar surface area (TPSA) is 53.5 Å². The van der Waals surface area contributed by atoms with Crippen LogP contribution in [-0.4, -0.2) is 52.8 Å². The minimum absolute atomic E-state index is 0.141. The maximum absolute atomic E-state index is 11.8. The van der Waals surface area contributed by atoms with E-state index in [-0.39, 0.29) is 4.75 Å². The zero-order chi connectivity index (χ0) is 13.3. The minimum atomic E-state index is -0.812. The second-order valence-corrected chi connectivity index (χ2v) is 7.89. The van der Waals surface area contributed by atoms with Crippen molar-refractivity contribution in [2.24, 2.45) is 4.99 Å². The van der Waals surface area contributed by atoms with Crippen molar-refractivity contribution in [1.82, 2.24) is 10.6 Å². The molecule has 0 aliphatic carbocycles. The van der Waals surface area contributed by atoms with E-state index in [0.29, 0.717) is 12.3 Å². The van der Waals surface area contributed by atoms with E-state index < -0.39 is 10.8 Å². The molecule has 0 amide bonds. The van der Waals surface area contributed by atoms with Crippen LogP contribution in [-0.2, 0) is 10.8 Å². The van der Waals surface area contributed by atoms with Gasteiger partial charge in [0.15, 0.2) is 5.96 Å². The van der Waals surface area contributed by atoms with Gasteiger partial charge in [0.1, 0.15) is 0 Å². The average molecular weight is 279 g/mol. The number of guanidine groups is 1. The number of hydrogen-bond acceptors (Lipinski definition) is 3. The molecule has 0 aliphatic heterocycles. The van der Waals surface area contributed by atoms with E-state index in [1.165, 1.54) is 0 Å². The lowest BCUT2D eigenvalue weighted by atomic mass is 10.3. The minimum Gasteiger partial charge on any atom is -0.356 e. The summed E-state index contributed by atoms with van der Waals surface area (Å²) in [6, 6.07) is 0. The molecule has 0 aromatic heterocycles. The molecule has 0 radical (unpaired) electrons. The van der Waals surface area contributed by atoms with Crippen molar-refractivity contribution in [1.29, 1.82) is 0 Å². The molecule has 1 unspecified atom stereocenters. The molecule has 0 saturated heterocycles. The van der Waals surface area contributed by atoms with Gasteiger partial charge >= 0.3 is 0 Å². The van der Waals surface area contributed by atoms with Crippen LogP contribution >= 0.6 is 11.8 Å². The lowest BCUT2D eigenvalue weighted by Crippen LogP contribution is -2.41. The van der Waals surface area contributed by atoms with E-state index in [0.717, 1.165) is 18.3 Å². The SMILES string of the molecule is CN=C(NCCSC)NCCS(=O)C(C)(C)C. The summed E-state index contributed by atoms with van der Waals surface area (Å²) >= 11 is 1.79. The lowest BCUT2D eigenvalue weighted by molar-refractivity contribution is 0.647. The average Bonchev–Trinajstić information content (AvgIpc) is 2.25. The summed E-state index contributed by atoms with van der Waals surface area (Å²) < 4.78 is 11.7. The molecule has 0 rings (SSSR count). The van der Waals surface area contributed by atoms with Gasteiger partial charge in [0.25, 0.3) is 0 Å². The van der Waals surface area contributed by atoms with E-state index in [4.69, 9.17) is 0 Å². The highest BCUT2D eigenvalue weighted by molar-refractivity contribution is 7.98. The normalized spacial score (nSPS) is 14.5. The molecule has 0 bridgehead atoms. The van der Waals surface area contributed by atoms with Crippen LogP contribution in [0.2, 0.25) is 0 Å². The highest BCUT2D eigenvalue weighted by Gasteiger charge is 2.18. The summed E-state index contributed by atoms with van der Waals surface area (Å²) in [4.78, 5) is 4.11. The summed E-state index contributed by atoms with van der Waals surface area (Å²) in [5, 5.41) is 6.37. The van der Waals surface area contributed by atoms with Gasteiger partial charge in [-0.15, -0.1) is 0 Å². The predicted octanol–water partition coefficient (Wildman–Crippen LogP) is 1.06. The van der Waals surface area contributed by atoms with Crippen molar-refractivity contribution in [2.75, 3.05) is 37.9 Å². The highest BCUT2D eigenvalue weighted by Crippen LogP contribution is 2.10. The van der Waals surface area contributed by atoms with E-state index in [1.807, 2.05) is 20.8 Å². The fourth-order valence-corrected chi connectivity index (χ4v) is 2.27. The molecule has 1 atom stereocenters. The molecule has 2 N–H and O–H groups in total. The van der Waals surface area contributed by atoms with Crippen molar-refractivity contribution in [3.63, 3.8) is 0 Å². The van der Waals surface area contributed by atoms with Crippen molar-refractivity contribution >= 4 is 28.5 Å². The zero-order valence-electron chi connectivity index (χ0n) is 11.5. The maximum Gasteiger partial charge on any atom is 0.191 e. The maximum atomic E-state index is 11.8. The molecule has 0 aliphatic rings. The summed E-state index contributed by atoms with van der Waals surface area (Å²) in [6.07, 6.45) is 2.07. The molecular weight excluding hydrogens is 254 g/mol. The van der Waals surface area contributed by atoms with Gasteiger partial charge in [0.05, 0.1) is 0 Å². The van der Waals surface area contributed by atoms with Crippen molar-refractivity contribution < 1.29 is 4.21 Å². The van der Waals surface area contributed by atoms with Gasteiger partial charge in [-0.25, -0.2) is 0 Å². The van der Waals surface area contributed by atoms with Crippen LogP contribution < -0.4 is 10.6 Å². The van der Waals surface area contributed by atoms with Gasteiger partial charge in [0, 0.05) is 47.2 Å². The van der Waals surface area contributed by atoms with E-state index in [9.17, 15) is 4.21 Å². The summed E-state index contributed by atoms with van der Waals surface area (Å²) in [6.45, 7) is 7.56. The third-order valence-corrected chi connectivity index (χ3v) is 4.64. The van der Waals surface area contributed by atoms with Crippen LogP contribution in [0.15, 0.2) is 4.99 Å². The predicted molar refractivity (Wildman–Crippen MR) is 80.5 cm³/mol. The Kier molecular flexibility index (Phi) is 8.68. The van der Waals surface area contributed by atoms with E-state index in [1.54, 1.807) is 18.8 Å². The van der Waals surface area contributed by atoms with Crippen molar-refractivity contribution in [2.45, 2.75) is 25.5 Å². The molecule has 0 aromatic carbocycles. The number of nitrogens with one attached hydrogen (secondary N) is 2. The van der Waals surface area contributed by atoms with Gasteiger partial charge in [-0.2, -0.15) is 11.8 Å². The Morgan fingerprint density at radius 1 is 1.29 bits per heavy atom. The smallest absolute Gasteiger partial charge is 0.191 e. The molecule has 0 heterocycles. The Hall–Kier alpha value is -0.230. The largest absolute Gasteiger partial charge is 0.356 e. The quantitative estimate of drug-likeness (QED) is 0.434. The second-order valence-electron chi connectivity index (χ2n) is 4.58. The molecular formula is C11H25N3OS2. The summed E-state index contributed by atoms with van der Waals surface area (Å²) in [7, 11) is 0.933. The van der Waals surface area contributed by atoms with Crippen LogP contribution in [0.25, 0.3) is 0 Å². The molecule has 102 valence electrons. The summed E-state index contributed by atoms with van der Waals surface area (Å²) in [5.74, 6) is 2.48. The first-order valence-electron chi connectivity index (χ1n) is 5.73. The van der Waals surface area contributed by atoms with Gasteiger partial charge in [0.2, 0.25) is 0 Å². The highest BCUT2D eigenvalue weighted by atomic mass is 32.2. The summed E-state index contributed by atoms with van der Waals surface area (Å²) in [5.41, 5.74) is 0. The Labute approximate surface area is 112 Å². The molecule has 0 spiro atoms. The second kappa shape index (κ2) is 8.80. The van der Waals surface area contributed by atoms with Crippen LogP contribution in [0.5, 0.6) is 0 Å². The molecule has 6 heteroatoms. The van der Waals surface area contributed by atoms with Gasteiger partial charge in [-0.3, -0.25) is 9.20 Å². The molecule has 4 nitrogen and oxygen atoms in total. The number of thioether (sulfide) groups is 1. The fraction of sp³-hybridized carbons (Fsp3) is 0.909. The Morgan fingerprint density at radius 3 is 2.35 bits per heavy atom. The number of hydrogen-bond donors (Lipinski definition) is 2. The fourth-order valence-electron chi connectivity index (χ4n) is 1.06. The third-order valence-electron chi connectivity index (χ3n) is 2.09. The Bertz CT molecular complexity index is 262.